The maximum Gasteiger partial charge on any atom is 0.225 e. The number of benzene rings is 1. The normalized spacial score (nSPS) is 22.0. The Labute approximate surface area is 143 Å². The summed E-state index contributed by atoms with van der Waals surface area (Å²) < 4.78 is 0. The molecule has 2 N–H and O–H groups in total. The van der Waals surface area contributed by atoms with Gasteiger partial charge in [-0.25, -0.2) is 0 Å². The molecular weight excluding hydrogens is 304 g/mol. The van der Waals surface area contributed by atoms with Gasteiger partial charge in [-0.05, 0) is 37.2 Å². The van der Waals surface area contributed by atoms with E-state index >= 15 is 0 Å². The van der Waals surface area contributed by atoms with E-state index in [1.54, 1.807) is 4.90 Å². The van der Waals surface area contributed by atoms with Gasteiger partial charge >= 0.3 is 0 Å². The van der Waals surface area contributed by atoms with Crippen LogP contribution in [0, 0.1) is 11.8 Å². The topological polar surface area (TPSA) is 69.6 Å². The zero-order valence-corrected chi connectivity index (χ0v) is 14.0. The van der Waals surface area contributed by atoms with E-state index in [-0.39, 0.29) is 24.2 Å². The average molecular weight is 330 g/mol. The molecule has 0 radical (unpaired) electrons. The van der Waals surface area contributed by atoms with Crippen molar-refractivity contribution in [3.8, 4) is 0 Å². The number of nitrogens with zero attached hydrogens (tertiary/aromatic N) is 1. The van der Waals surface area contributed by atoms with Gasteiger partial charge in [-0.2, -0.15) is 0 Å². The number of rotatable bonds is 6. The summed E-state index contributed by atoms with van der Waals surface area (Å²) in [5, 5.41) is 13.2. The molecule has 3 rings (SSSR count). The lowest BCUT2D eigenvalue weighted by Gasteiger charge is -2.32. The third-order valence-electron chi connectivity index (χ3n) is 4.96. The minimum atomic E-state index is -0.789. The summed E-state index contributed by atoms with van der Waals surface area (Å²) in [6, 6.07) is 9.23. The Morgan fingerprint density at radius 2 is 1.96 bits per heavy atom. The standard InChI is InChI=1S/C19H26N2O3/c22-17(15-5-2-1-3-6-15)11-18(23)21-10-4-7-16(13-21)19(24)20-12-14-8-9-14/h1-3,5-6,14,16-17,22H,4,7-13H2,(H,20,24). The highest BCUT2D eigenvalue weighted by molar-refractivity contribution is 5.81. The van der Waals surface area contributed by atoms with Crippen LogP contribution in [0.4, 0.5) is 0 Å². The highest BCUT2D eigenvalue weighted by atomic mass is 16.3. The third-order valence-corrected chi connectivity index (χ3v) is 4.96. The van der Waals surface area contributed by atoms with Crippen molar-refractivity contribution in [1.82, 2.24) is 10.2 Å². The average Bonchev–Trinajstić information content (AvgIpc) is 3.45. The molecule has 1 aliphatic carbocycles. The van der Waals surface area contributed by atoms with Crippen molar-refractivity contribution in [1.29, 1.82) is 0 Å². The Morgan fingerprint density at radius 3 is 2.67 bits per heavy atom. The predicted molar refractivity (Wildman–Crippen MR) is 91.1 cm³/mol. The number of amides is 2. The van der Waals surface area contributed by atoms with Crippen molar-refractivity contribution < 1.29 is 14.7 Å². The monoisotopic (exact) mass is 330 g/mol. The van der Waals surface area contributed by atoms with E-state index in [9.17, 15) is 14.7 Å². The summed E-state index contributed by atoms with van der Waals surface area (Å²) in [5.41, 5.74) is 0.751. The second-order valence-electron chi connectivity index (χ2n) is 7.00. The Morgan fingerprint density at radius 1 is 1.21 bits per heavy atom. The molecule has 24 heavy (non-hydrogen) atoms. The van der Waals surface area contributed by atoms with Gasteiger partial charge in [0, 0.05) is 19.6 Å². The molecule has 1 saturated heterocycles. The summed E-state index contributed by atoms with van der Waals surface area (Å²) >= 11 is 0. The van der Waals surface area contributed by atoms with Crippen LogP contribution in [0.3, 0.4) is 0 Å². The summed E-state index contributed by atoms with van der Waals surface area (Å²) in [4.78, 5) is 26.4. The second-order valence-corrected chi connectivity index (χ2v) is 7.00. The molecule has 2 amide bonds. The molecule has 0 aromatic heterocycles. The minimum absolute atomic E-state index is 0.0699. The number of hydrogen-bond acceptors (Lipinski definition) is 3. The Balaban J connectivity index is 1.49. The molecule has 5 nitrogen and oxygen atoms in total. The zero-order valence-electron chi connectivity index (χ0n) is 14.0. The molecule has 1 aromatic carbocycles. The summed E-state index contributed by atoms with van der Waals surface area (Å²) in [5.74, 6) is 0.542. The highest BCUT2D eigenvalue weighted by Gasteiger charge is 2.30. The van der Waals surface area contributed by atoms with Crippen molar-refractivity contribution in [2.45, 2.75) is 38.2 Å². The third kappa shape index (κ3) is 4.57. The number of carbonyl (C=O) groups excluding carboxylic acids is 2. The quantitative estimate of drug-likeness (QED) is 0.837. The van der Waals surface area contributed by atoms with Crippen LogP contribution in [0.2, 0.25) is 0 Å². The second kappa shape index (κ2) is 7.79. The largest absolute Gasteiger partial charge is 0.388 e. The maximum atomic E-state index is 12.5. The van der Waals surface area contributed by atoms with E-state index in [1.807, 2.05) is 30.3 Å². The van der Waals surface area contributed by atoms with Crippen LogP contribution >= 0.6 is 0 Å². The molecule has 2 atom stereocenters. The van der Waals surface area contributed by atoms with E-state index in [4.69, 9.17) is 0 Å². The molecule has 1 saturated carbocycles. The van der Waals surface area contributed by atoms with Gasteiger partial charge in [0.15, 0.2) is 0 Å². The van der Waals surface area contributed by atoms with Gasteiger partial charge in [0.2, 0.25) is 11.8 Å². The number of nitrogens with one attached hydrogen (secondary N) is 1. The SMILES string of the molecule is O=C(NCC1CC1)C1CCCN(C(=O)CC(O)c2ccccc2)C1. The van der Waals surface area contributed by atoms with E-state index in [1.165, 1.54) is 12.8 Å². The van der Waals surface area contributed by atoms with Crippen molar-refractivity contribution in [2.24, 2.45) is 11.8 Å². The van der Waals surface area contributed by atoms with Crippen LogP contribution in [0.5, 0.6) is 0 Å². The van der Waals surface area contributed by atoms with Gasteiger partial charge in [0.1, 0.15) is 0 Å². The molecule has 1 aromatic rings. The van der Waals surface area contributed by atoms with Gasteiger partial charge < -0.3 is 15.3 Å². The number of piperidine rings is 1. The van der Waals surface area contributed by atoms with Gasteiger partial charge in [0.25, 0.3) is 0 Å². The minimum Gasteiger partial charge on any atom is -0.388 e. The molecule has 1 heterocycles. The zero-order chi connectivity index (χ0) is 16.9. The molecular formula is C19H26N2O3. The number of likely N-dealkylation sites (tertiary alicyclic amines) is 1. The van der Waals surface area contributed by atoms with Crippen LogP contribution < -0.4 is 5.32 Å². The lowest BCUT2D eigenvalue weighted by Crippen LogP contribution is -2.46. The predicted octanol–water partition coefficient (Wildman–Crippen LogP) is 1.87. The van der Waals surface area contributed by atoms with Crippen molar-refractivity contribution >= 4 is 11.8 Å². The van der Waals surface area contributed by atoms with Crippen LogP contribution in [-0.4, -0.2) is 41.5 Å². The van der Waals surface area contributed by atoms with Gasteiger partial charge in [0.05, 0.1) is 18.4 Å². The Bertz CT molecular complexity index is 571. The van der Waals surface area contributed by atoms with Gasteiger partial charge in [-0.3, -0.25) is 9.59 Å². The molecule has 5 heteroatoms. The smallest absolute Gasteiger partial charge is 0.225 e. The molecule has 2 fully saturated rings. The van der Waals surface area contributed by atoms with E-state index < -0.39 is 6.10 Å². The van der Waals surface area contributed by atoms with Crippen LogP contribution in [-0.2, 0) is 9.59 Å². The lowest BCUT2D eigenvalue weighted by molar-refractivity contribution is -0.137. The van der Waals surface area contributed by atoms with Gasteiger partial charge in [-0.15, -0.1) is 0 Å². The first-order valence-electron chi connectivity index (χ1n) is 8.92. The fourth-order valence-corrected chi connectivity index (χ4v) is 3.22. The Hall–Kier alpha value is -1.88. The van der Waals surface area contributed by atoms with Crippen LogP contribution in [0.15, 0.2) is 30.3 Å². The molecule has 2 unspecified atom stereocenters. The molecule has 1 aliphatic heterocycles. The van der Waals surface area contributed by atoms with Crippen LogP contribution in [0.1, 0.15) is 43.8 Å². The van der Waals surface area contributed by atoms with Crippen molar-refractivity contribution in [3.63, 3.8) is 0 Å². The first kappa shape index (κ1) is 17.0. The fraction of sp³-hybridized carbons (Fsp3) is 0.579. The fourth-order valence-electron chi connectivity index (χ4n) is 3.22. The first-order chi connectivity index (χ1) is 11.6. The molecule has 130 valence electrons. The number of hydrogen-bond donors (Lipinski definition) is 2. The summed E-state index contributed by atoms with van der Waals surface area (Å²) in [6.45, 7) is 1.92. The summed E-state index contributed by atoms with van der Waals surface area (Å²) in [7, 11) is 0. The Kier molecular flexibility index (Phi) is 5.51. The number of aliphatic hydroxyl groups excluding tert-OH is 1. The lowest BCUT2D eigenvalue weighted by atomic mass is 9.96. The van der Waals surface area contributed by atoms with Crippen molar-refractivity contribution in [2.75, 3.05) is 19.6 Å². The molecule has 0 spiro atoms. The highest BCUT2D eigenvalue weighted by Crippen LogP contribution is 2.28. The molecule has 0 bridgehead atoms. The van der Waals surface area contributed by atoms with Gasteiger partial charge in [-0.1, -0.05) is 30.3 Å². The van der Waals surface area contributed by atoms with E-state index in [0.29, 0.717) is 19.0 Å². The van der Waals surface area contributed by atoms with E-state index in [0.717, 1.165) is 24.9 Å². The molecule has 2 aliphatic rings. The van der Waals surface area contributed by atoms with Crippen molar-refractivity contribution in [3.05, 3.63) is 35.9 Å². The number of aliphatic hydroxyl groups is 1. The maximum absolute atomic E-state index is 12.5. The first-order valence-corrected chi connectivity index (χ1v) is 8.92. The number of carbonyl (C=O) groups is 2. The summed E-state index contributed by atoms with van der Waals surface area (Å²) in [6.07, 6.45) is 3.39. The van der Waals surface area contributed by atoms with Crippen LogP contribution in [0.25, 0.3) is 0 Å². The van der Waals surface area contributed by atoms with E-state index in [2.05, 4.69) is 5.32 Å².